The van der Waals surface area contributed by atoms with Crippen molar-refractivity contribution >= 4 is 11.6 Å². The average molecular weight is 263 g/mol. The first-order chi connectivity index (χ1) is 9.19. The van der Waals surface area contributed by atoms with Crippen molar-refractivity contribution in [3.63, 3.8) is 0 Å². The molecule has 2 rings (SSSR count). The first-order valence-electron chi connectivity index (χ1n) is 7.21. The highest BCUT2D eigenvalue weighted by Crippen LogP contribution is 2.19. The SMILES string of the molecule is CCCNc1cncc(NC2CCN(C)C(C)C2)n1. The lowest BCUT2D eigenvalue weighted by Crippen LogP contribution is -2.42. The minimum atomic E-state index is 0.502. The summed E-state index contributed by atoms with van der Waals surface area (Å²) >= 11 is 0. The van der Waals surface area contributed by atoms with Gasteiger partial charge in [0.1, 0.15) is 11.6 Å². The van der Waals surface area contributed by atoms with E-state index >= 15 is 0 Å². The molecule has 0 aliphatic carbocycles. The van der Waals surface area contributed by atoms with E-state index in [4.69, 9.17) is 0 Å². The number of hydrogen-bond donors (Lipinski definition) is 2. The predicted molar refractivity (Wildman–Crippen MR) is 79.5 cm³/mol. The summed E-state index contributed by atoms with van der Waals surface area (Å²) < 4.78 is 0. The van der Waals surface area contributed by atoms with Gasteiger partial charge >= 0.3 is 0 Å². The number of aromatic nitrogens is 2. The molecule has 5 nitrogen and oxygen atoms in total. The highest BCUT2D eigenvalue weighted by atomic mass is 15.2. The van der Waals surface area contributed by atoms with E-state index in [9.17, 15) is 0 Å². The molecule has 19 heavy (non-hydrogen) atoms. The molecule has 0 aromatic carbocycles. The van der Waals surface area contributed by atoms with Crippen LogP contribution in [0.5, 0.6) is 0 Å². The molecular formula is C14H25N5. The van der Waals surface area contributed by atoms with Crippen molar-refractivity contribution in [2.75, 3.05) is 30.8 Å². The lowest BCUT2D eigenvalue weighted by atomic mass is 9.99. The van der Waals surface area contributed by atoms with Gasteiger partial charge < -0.3 is 15.5 Å². The Morgan fingerprint density at radius 1 is 1.37 bits per heavy atom. The van der Waals surface area contributed by atoms with Crippen molar-refractivity contribution in [2.45, 2.75) is 45.2 Å². The molecule has 1 aliphatic rings. The molecule has 1 aromatic heterocycles. The van der Waals surface area contributed by atoms with Gasteiger partial charge in [-0.05, 0) is 33.2 Å². The molecule has 0 spiro atoms. The Bertz CT molecular complexity index is 395. The summed E-state index contributed by atoms with van der Waals surface area (Å²) in [7, 11) is 2.19. The summed E-state index contributed by atoms with van der Waals surface area (Å²) in [6.45, 7) is 6.49. The first kappa shape index (κ1) is 14.1. The van der Waals surface area contributed by atoms with Crippen molar-refractivity contribution in [2.24, 2.45) is 0 Å². The maximum atomic E-state index is 4.55. The maximum absolute atomic E-state index is 4.55. The van der Waals surface area contributed by atoms with Crippen molar-refractivity contribution < 1.29 is 0 Å². The van der Waals surface area contributed by atoms with Crippen molar-refractivity contribution in [3.8, 4) is 0 Å². The minimum absolute atomic E-state index is 0.502. The van der Waals surface area contributed by atoms with E-state index in [1.165, 1.54) is 0 Å². The number of likely N-dealkylation sites (tertiary alicyclic amines) is 1. The molecular weight excluding hydrogens is 238 g/mol. The van der Waals surface area contributed by atoms with Gasteiger partial charge in [0.25, 0.3) is 0 Å². The molecule has 1 aromatic rings. The molecule has 106 valence electrons. The standard InChI is InChI=1S/C14H25N5/c1-4-6-16-13-9-15-10-14(18-13)17-12-5-7-19(3)11(2)8-12/h9-12H,4-8H2,1-3H3,(H2,16,17,18). The van der Waals surface area contributed by atoms with Crippen LogP contribution >= 0.6 is 0 Å². The molecule has 1 fully saturated rings. The molecule has 1 saturated heterocycles. The van der Waals surface area contributed by atoms with E-state index in [1.54, 1.807) is 12.4 Å². The number of rotatable bonds is 5. The number of nitrogens with zero attached hydrogens (tertiary/aromatic N) is 3. The zero-order valence-corrected chi connectivity index (χ0v) is 12.2. The van der Waals surface area contributed by atoms with E-state index in [2.05, 4.69) is 46.4 Å². The molecule has 2 atom stereocenters. The number of anilines is 2. The van der Waals surface area contributed by atoms with Crippen LogP contribution < -0.4 is 10.6 Å². The minimum Gasteiger partial charge on any atom is -0.369 e. The van der Waals surface area contributed by atoms with Crippen LogP contribution in [-0.2, 0) is 0 Å². The Labute approximate surface area is 115 Å². The van der Waals surface area contributed by atoms with Crippen LogP contribution in [0.3, 0.4) is 0 Å². The fourth-order valence-corrected chi connectivity index (χ4v) is 2.40. The first-order valence-corrected chi connectivity index (χ1v) is 7.21. The van der Waals surface area contributed by atoms with E-state index in [0.29, 0.717) is 12.1 Å². The second-order valence-electron chi connectivity index (χ2n) is 5.41. The van der Waals surface area contributed by atoms with Crippen LogP contribution in [0, 0.1) is 0 Å². The number of nitrogens with one attached hydrogen (secondary N) is 2. The fourth-order valence-electron chi connectivity index (χ4n) is 2.40. The van der Waals surface area contributed by atoms with Gasteiger partial charge in [-0.25, -0.2) is 4.98 Å². The van der Waals surface area contributed by atoms with Crippen LogP contribution in [0.25, 0.3) is 0 Å². The van der Waals surface area contributed by atoms with Gasteiger partial charge in [-0.15, -0.1) is 0 Å². The van der Waals surface area contributed by atoms with Gasteiger partial charge in [-0.2, -0.15) is 0 Å². The van der Waals surface area contributed by atoms with Gasteiger partial charge in [0.2, 0.25) is 0 Å². The summed E-state index contributed by atoms with van der Waals surface area (Å²) in [6, 6.07) is 1.13. The largest absolute Gasteiger partial charge is 0.369 e. The molecule has 0 amide bonds. The van der Waals surface area contributed by atoms with Crippen LogP contribution in [0.15, 0.2) is 12.4 Å². The molecule has 2 heterocycles. The maximum Gasteiger partial charge on any atom is 0.147 e. The summed E-state index contributed by atoms with van der Waals surface area (Å²) in [4.78, 5) is 11.2. The number of piperidine rings is 1. The molecule has 2 N–H and O–H groups in total. The summed E-state index contributed by atoms with van der Waals surface area (Å²) in [5, 5.41) is 6.77. The lowest BCUT2D eigenvalue weighted by molar-refractivity contribution is 0.190. The topological polar surface area (TPSA) is 53.1 Å². The molecule has 0 bridgehead atoms. The normalized spacial score (nSPS) is 24.2. The van der Waals surface area contributed by atoms with Gasteiger partial charge in [-0.3, -0.25) is 4.98 Å². The molecule has 1 aliphatic heterocycles. The zero-order valence-electron chi connectivity index (χ0n) is 12.2. The second-order valence-corrected chi connectivity index (χ2v) is 5.41. The Hall–Kier alpha value is -1.36. The second kappa shape index (κ2) is 6.70. The van der Waals surface area contributed by atoms with Crippen LogP contribution in [0.1, 0.15) is 33.1 Å². The quantitative estimate of drug-likeness (QED) is 0.853. The Balaban J connectivity index is 1.91. The van der Waals surface area contributed by atoms with E-state index < -0.39 is 0 Å². The fraction of sp³-hybridized carbons (Fsp3) is 0.714. The van der Waals surface area contributed by atoms with Gasteiger partial charge in [-0.1, -0.05) is 6.92 Å². The van der Waals surface area contributed by atoms with Crippen molar-refractivity contribution in [1.29, 1.82) is 0 Å². The van der Waals surface area contributed by atoms with Gasteiger partial charge in [0.15, 0.2) is 0 Å². The highest BCUT2D eigenvalue weighted by Gasteiger charge is 2.22. The third kappa shape index (κ3) is 4.06. The van der Waals surface area contributed by atoms with Crippen LogP contribution in [0.2, 0.25) is 0 Å². The molecule has 2 unspecified atom stereocenters. The summed E-state index contributed by atoms with van der Waals surface area (Å²) in [6.07, 6.45) is 6.99. The Kier molecular flexibility index (Phi) is 4.96. The van der Waals surface area contributed by atoms with E-state index in [-0.39, 0.29) is 0 Å². The Morgan fingerprint density at radius 2 is 2.16 bits per heavy atom. The average Bonchev–Trinajstić information content (AvgIpc) is 2.41. The van der Waals surface area contributed by atoms with Gasteiger partial charge in [0, 0.05) is 25.2 Å². The monoisotopic (exact) mass is 263 g/mol. The highest BCUT2D eigenvalue weighted by molar-refractivity contribution is 5.42. The summed E-state index contributed by atoms with van der Waals surface area (Å²) in [5.41, 5.74) is 0. The zero-order chi connectivity index (χ0) is 13.7. The van der Waals surface area contributed by atoms with E-state index in [1.807, 2.05) is 0 Å². The molecule has 5 heteroatoms. The smallest absolute Gasteiger partial charge is 0.147 e. The third-order valence-corrected chi connectivity index (χ3v) is 3.75. The van der Waals surface area contributed by atoms with Crippen LogP contribution in [-0.4, -0.2) is 47.1 Å². The van der Waals surface area contributed by atoms with Crippen molar-refractivity contribution in [1.82, 2.24) is 14.9 Å². The third-order valence-electron chi connectivity index (χ3n) is 3.75. The lowest BCUT2D eigenvalue weighted by Gasteiger charge is -2.35. The van der Waals surface area contributed by atoms with Gasteiger partial charge in [0.05, 0.1) is 12.4 Å². The Morgan fingerprint density at radius 3 is 2.89 bits per heavy atom. The molecule has 0 radical (unpaired) electrons. The van der Waals surface area contributed by atoms with E-state index in [0.717, 1.165) is 44.0 Å². The predicted octanol–water partition coefficient (Wildman–Crippen LogP) is 2.19. The van der Waals surface area contributed by atoms with Crippen LogP contribution in [0.4, 0.5) is 11.6 Å². The van der Waals surface area contributed by atoms with Crippen molar-refractivity contribution in [3.05, 3.63) is 12.4 Å². The summed E-state index contributed by atoms with van der Waals surface area (Å²) in [5.74, 6) is 1.73. The molecule has 0 saturated carbocycles. The number of hydrogen-bond acceptors (Lipinski definition) is 5.